The number of carbonyl (C=O) groups is 2. The topological polar surface area (TPSA) is 70.1 Å². The van der Waals surface area contributed by atoms with Crippen LogP contribution in [-0.2, 0) is 14.3 Å². The Labute approximate surface area is 136 Å². The van der Waals surface area contributed by atoms with Crippen molar-refractivity contribution in [3.8, 4) is 0 Å². The number of nitrogens with zero attached hydrogens (tertiary/aromatic N) is 2. The first-order valence-corrected chi connectivity index (χ1v) is 8.92. The zero-order chi connectivity index (χ0) is 16.1. The van der Waals surface area contributed by atoms with E-state index in [2.05, 4.69) is 4.90 Å². The number of fused-ring (bicyclic) bond motifs is 6. The molecular weight excluding hydrogens is 296 g/mol. The number of aliphatic hydroxyl groups is 1. The molecule has 128 valence electrons. The third-order valence-corrected chi connectivity index (χ3v) is 6.34. The highest BCUT2D eigenvalue weighted by Crippen LogP contribution is 2.43. The molecule has 0 spiro atoms. The smallest absolute Gasteiger partial charge is 0.302 e. The first-order valence-electron chi connectivity index (χ1n) is 8.92. The van der Waals surface area contributed by atoms with Gasteiger partial charge in [0.05, 0.1) is 0 Å². The van der Waals surface area contributed by atoms with Gasteiger partial charge in [0.15, 0.2) is 0 Å². The first-order chi connectivity index (χ1) is 11.0. The van der Waals surface area contributed by atoms with Crippen LogP contribution in [0.2, 0.25) is 0 Å². The van der Waals surface area contributed by atoms with Gasteiger partial charge in [-0.1, -0.05) is 0 Å². The standard InChI is InChI=1S/C17H26N2O4/c1-10(20)23-13-4-5-18-8-11-6-12(15(18)7-13)9-19-14(11)2-3-16(21)17(19)22/h11-16,21H,2-9H2,1H3/t11-,12-,13-,14+,15-,16+/m0/s1. The van der Waals surface area contributed by atoms with Gasteiger partial charge >= 0.3 is 5.97 Å². The number of amides is 1. The molecule has 6 atom stereocenters. The molecule has 4 heterocycles. The number of aliphatic hydroxyl groups excluding tert-OH is 1. The Kier molecular flexibility index (Phi) is 3.84. The van der Waals surface area contributed by atoms with Crippen LogP contribution in [0.4, 0.5) is 0 Å². The lowest BCUT2D eigenvalue weighted by molar-refractivity contribution is -0.164. The van der Waals surface area contributed by atoms with Crippen molar-refractivity contribution in [1.82, 2.24) is 9.80 Å². The van der Waals surface area contributed by atoms with Crippen molar-refractivity contribution in [3.05, 3.63) is 0 Å². The molecule has 4 rings (SSSR count). The Morgan fingerprint density at radius 2 is 1.91 bits per heavy atom. The van der Waals surface area contributed by atoms with Gasteiger partial charge in [-0.3, -0.25) is 14.5 Å². The van der Waals surface area contributed by atoms with E-state index in [0.29, 0.717) is 30.3 Å². The van der Waals surface area contributed by atoms with Gasteiger partial charge in [0.1, 0.15) is 12.2 Å². The number of carbonyl (C=O) groups excluding carboxylic acids is 2. The SMILES string of the molecule is CC(=O)O[C@H]1CCN2C[C@@H]3C[C@@H](CN4C(=O)[C@H](O)CC[C@H]34)[C@@H]2C1. The Morgan fingerprint density at radius 3 is 2.70 bits per heavy atom. The predicted octanol–water partition coefficient (Wildman–Crippen LogP) is 0.384. The number of hydrogen-bond acceptors (Lipinski definition) is 5. The van der Waals surface area contributed by atoms with E-state index in [1.165, 1.54) is 13.3 Å². The van der Waals surface area contributed by atoms with Crippen LogP contribution in [-0.4, -0.2) is 70.7 Å². The molecule has 1 N–H and O–H groups in total. The molecule has 0 saturated carbocycles. The zero-order valence-corrected chi connectivity index (χ0v) is 13.7. The molecular formula is C17H26N2O4. The molecule has 0 radical (unpaired) electrons. The largest absolute Gasteiger partial charge is 0.462 e. The first kappa shape index (κ1) is 15.4. The molecule has 4 saturated heterocycles. The minimum absolute atomic E-state index is 0.0191. The Hall–Kier alpha value is -1.14. The van der Waals surface area contributed by atoms with Crippen molar-refractivity contribution in [2.75, 3.05) is 19.6 Å². The van der Waals surface area contributed by atoms with Crippen molar-refractivity contribution in [3.63, 3.8) is 0 Å². The Bertz CT molecular complexity index is 511. The number of piperidine rings is 4. The maximum Gasteiger partial charge on any atom is 0.302 e. The van der Waals surface area contributed by atoms with Gasteiger partial charge in [-0.25, -0.2) is 0 Å². The molecule has 4 aliphatic rings. The molecule has 1 amide bonds. The van der Waals surface area contributed by atoms with E-state index in [-0.39, 0.29) is 18.0 Å². The summed E-state index contributed by atoms with van der Waals surface area (Å²) in [6, 6.07) is 0.714. The van der Waals surface area contributed by atoms with Gasteiger partial charge in [0.25, 0.3) is 5.91 Å². The molecule has 4 aliphatic heterocycles. The van der Waals surface area contributed by atoms with Crippen LogP contribution in [0.3, 0.4) is 0 Å². The molecule has 2 bridgehead atoms. The maximum atomic E-state index is 12.4. The van der Waals surface area contributed by atoms with Crippen LogP contribution in [0.15, 0.2) is 0 Å². The molecule has 0 aliphatic carbocycles. The zero-order valence-electron chi connectivity index (χ0n) is 13.7. The van der Waals surface area contributed by atoms with Gasteiger partial charge in [0.2, 0.25) is 0 Å². The second-order valence-electron chi connectivity index (χ2n) is 7.73. The number of esters is 1. The summed E-state index contributed by atoms with van der Waals surface area (Å²) in [6.45, 7) is 4.25. The van der Waals surface area contributed by atoms with E-state index in [1.807, 2.05) is 4.90 Å². The summed E-state index contributed by atoms with van der Waals surface area (Å²) in [5, 5.41) is 9.89. The Balaban J connectivity index is 1.50. The van der Waals surface area contributed by atoms with E-state index in [4.69, 9.17) is 4.74 Å². The average molecular weight is 322 g/mol. The second kappa shape index (κ2) is 5.74. The molecule has 4 fully saturated rings. The molecule has 6 nitrogen and oxygen atoms in total. The lowest BCUT2D eigenvalue weighted by atomic mass is 9.70. The van der Waals surface area contributed by atoms with Crippen molar-refractivity contribution in [2.45, 2.75) is 63.3 Å². The summed E-state index contributed by atoms with van der Waals surface area (Å²) in [6.07, 6.45) is 3.72. The number of ether oxygens (including phenoxy) is 1. The number of hydrogen-bond donors (Lipinski definition) is 1. The van der Waals surface area contributed by atoms with Crippen LogP contribution in [0.1, 0.15) is 39.0 Å². The molecule has 0 aromatic carbocycles. The summed E-state index contributed by atoms with van der Waals surface area (Å²) < 4.78 is 5.44. The Morgan fingerprint density at radius 1 is 1.13 bits per heavy atom. The highest BCUT2D eigenvalue weighted by Gasteiger charge is 2.50. The third kappa shape index (κ3) is 2.66. The lowest BCUT2D eigenvalue weighted by Gasteiger charge is -2.57. The summed E-state index contributed by atoms with van der Waals surface area (Å²) in [5.41, 5.74) is 0. The van der Waals surface area contributed by atoms with Crippen LogP contribution in [0.5, 0.6) is 0 Å². The highest BCUT2D eigenvalue weighted by atomic mass is 16.5. The summed E-state index contributed by atoms with van der Waals surface area (Å²) >= 11 is 0. The van der Waals surface area contributed by atoms with Crippen molar-refractivity contribution >= 4 is 11.9 Å². The van der Waals surface area contributed by atoms with Gasteiger partial charge in [0, 0.05) is 45.1 Å². The van der Waals surface area contributed by atoms with Gasteiger partial charge in [-0.15, -0.1) is 0 Å². The fourth-order valence-electron chi connectivity index (χ4n) is 5.40. The fourth-order valence-corrected chi connectivity index (χ4v) is 5.40. The van der Waals surface area contributed by atoms with E-state index in [1.54, 1.807) is 0 Å². The van der Waals surface area contributed by atoms with E-state index >= 15 is 0 Å². The summed E-state index contributed by atoms with van der Waals surface area (Å²) in [4.78, 5) is 28.1. The summed E-state index contributed by atoms with van der Waals surface area (Å²) in [7, 11) is 0. The van der Waals surface area contributed by atoms with E-state index in [9.17, 15) is 14.7 Å². The molecule has 0 unspecified atom stereocenters. The van der Waals surface area contributed by atoms with Crippen LogP contribution < -0.4 is 0 Å². The molecule has 0 aromatic heterocycles. The normalized spacial score (nSPS) is 43.6. The lowest BCUT2D eigenvalue weighted by Crippen LogP contribution is -2.66. The minimum Gasteiger partial charge on any atom is -0.462 e. The van der Waals surface area contributed by atoms with Crippen LogP contribution >= 0.6 is 0 Å². The van der Waals surface area contributed by atoms with E-state index < -0.39 is 6.10 Å². The van der Waals surface area contributed by atoms with Crippen molar-refractivity contribution in [1.29, 1.82) is 0 Å². The molecule has 0 aromatic rings. The van der Waals surface area contributed by atoms with Crippen molar-refractivity contribution < 1.29 is 19.4 Å². The van der Waals surface area contributed by atoms with Crippen LogP contribution in [0, 0.1) is 11.8 Å². The highest BCUT2D eigenvalue weighted by molar-refractivity contribution is 5.82. The van der Waals surface area contributed by atoms with Gasteiger partial charge in [-0.05, 0) is 37.5 Å². The van der Waals surface area contributed by atoms with Gasteiger partial charge in [-0.2, -0.15) is 0 Å². The fraction of sp³-hybridized carbons (Fsp3) is 0.882. The van der Waals surface area contributed by atoms with E-state index in [0.717, 1.165) is 38.9 Å². The third-order valence-electron chi connectivity index (χ3n) is 6.34. The van der Waals surface area contributed by atoms with Crippen molar-refractivity contribution in [2.24, 2.45) is 11.8 Å². The van der Waals surface area contributed by atoms with Crippen LogP contribution in [0.25, 0.3) is 0 Å². The quantitative estimate of drug-likeness (QED) is 0.707. The monoisotopic (exact) mass is 322 g/mol. The second-order valence-corrected chi connectivity index (χ2v) is 7.73. The van der Waals surface area contributed by atoms with Gasteiger partial charge < -0.3 is 14.7 Å². The summed E-state index contributed by atoms with van der Waals surface area (Å²) in [5.74, 6) is 0.705. The maximum absolute atomic E-state index is 12.4. The predicted molar refractivity (Wildman–Crippen MR) is 82.5 cm³/mol. The number of rotatable bonds is 1. The molecule has 6 heteroatoms. The minimum atomic E-state index is -0.804. The molecule has 23 heavy (non-hydrogen) atoms. The average Bonchev–Trinajstić information content (AvgIpc) is 2.51.